The maximum atomic E-state index is 12.9. The van der Waals surface area contributed by atoms with Crippen LogP contribution in [0.15, 0.2) is 78.4 Å². The predicted octanol–water partition coefficient (Wildman–Crippen LogP) is 6.64. The first kappa shape index (κ1) is 26.4. The zero-order valence-electron chi connectivity index (χ0n) is 21.1. The van der Waals surface area contributed by atoms with Gasteiger partial charge in [-0.1, -0.05) is 60.1 Å². The Morgan fingerprint density at radius 2 is 1.63 bits per heavy atom. The summed E-state index contributed by atoms with van der Waals surface area (Å²) in [4.78, 5) is 12.9. The zero-order chi connectivity index (χ0) is 27.1. The molecule has 0 bridgehead atoms. The largest absolute Gasteiger partial charge is 0.495 e. The summed E-state index contributed by atoms with van der Waals surface area (Å²) in [6.07, 6.45) is 1.46. The molecule has 0 spiro atoms. The minimum Gasteiger partial charge on any atom is -0.495 e. The van der Waals surface area contributed by atoms with Crippen molar-refractivity contribution in [2.45, 2.75) is 6.61 Å². The standard InChI is InChI=1S/C30H25ClN2O5/c1-35-27-16-25(28(36-2)15-24(27)31)33-30(34)22(17-32)13-19-11-12-26(29(14-19)37-3)38-18-21-9-6-8-20-7-4-5-10-23(20)21/h4-16H,18H2,1-3H3,(H,33,34)/b22-13+. The second-order valence-electron chi connectivity index (χ2n) is 8.15. The van der Waals surface area contributed by atoms with Gasteiger partial charge in [0.1, 0.15) is 29.7 Å². The first-order valence-corrected chi connectivity index (χ1v) is 12.0. The summed E-state index contributed by atoms with van der Waals surface area (Å²) in [5, 5.41) is 14.9. The third-order valence-corrected chi connectivity index (χ3v) is 6.14. The molecule has 4 aromatic carbocycles. The van der Waals surface area contributed by atoms with Gasteiger partial charge in [-0.05, 0) is 40.1 Å². The smallest absolute Gasteiger partial charge is 0.266 e. The van der Waals surface area contributed by atoms with E-state index in [2.05, 4.69) is 23.5 Å². The molecule has 38 heavy (non-hydrogen) atoms. The van der Waals surface area contributed by atoms with Crippen molar-refractivity contribution < 1.29 is 23.7 Å². The van der Waals surface area contributed by atoms with E-state index < -0.39 is 5.91 Å². The van der Waals surface area contributed by atoms with Crippen LogP contribution in [0.5, 0.6) is 23.0 Å². The zero-order valence-corrected chi connectivity index (χ0v) is 21.8. The third kappa shape index (κ3) is 5.83. The van der Waals surface area contributed by atoms with Crippen LogP contribution in [0, 0.1) is 11.3 Å². The highest BCUT2D eigenvalue weighted by Crippen LogP contribution is 2.36. The fourth-order valence-corrected chi connectivity index (χ4v) is 4.16. The van der Waals surface area contributed by atoms with Crippen molar-refractivity contribution >= 4 is 40.0 Å². The Morgan fingerprint density at radius 1 is 0.895 bits per heavy atom. The van der Waals surface area contributed by atoms with Gasteiger partial charge in [-0.25, -0.2) is 0 Å². The first-order valence-electron chi connectivity index (χ1n) is 11.6. The summed E-state index contributed by atoms with van der Waals surface area (Å²) in [7, 11) is 4.44. The molecule has 4 aromatic rings. The number of hydrogen-bond acceptors (Lipinski definition) is 6. The molecule has 1 amide bonds. The Balaban J connectivity index is 1.54. The number of methoxy groups -OCH3 is 3. The van der Waals surface area contributed by atoms with E-state index in [4.69, 9.17) is 30.5 Å². The van der Waals surface area contributed by atoms with Crippen molar-refractivity contribution in [1.82, 2.24) is 0 Å². The predicted molar refractivity (Wildman–Crippen MR) is 148 cm³/mol. The van der Waals surface area contributed by atoms with Gasteiger partial charge in [-0.2, -0.15) is 5.26 Å². The minimum atomic E-state index is -0.620. The lowest BCUT2D eigenvalue weighted by molar-refractivity contribution is -0.112. The maximum Gasteiger partial charge on any atom is 0.266 e. The highest BCUT2D eigenvalue weighted by Gasteiger charge is 2.16. The van der Waals surface area contributed by atoms with Crippen LogP contribution in [0.1, 0.15) is 11.1 Å². The highest BCUT2D eigenvalue weighted by molar-refractivity contribution is 6.32. The lowest BCUT2D eigenvalue weighted by Crippen LogP contribution is -2.14. The van der Waals surface area contributed by atoms with Crippen LogP contribution in [0.4, 0.5) is 5.69 Å². The second-order valence-corrected chi connectivity index (χ2v) is 8.56. The molecule has 192 valence electrons. The van der Waals surface area contributed by atoms with Crippen LogP contribution in [0.2, 0.25) is 5.02 Å². The molecule has 0 radical (unpaired) electrons. The summed E-state index contributed by atoms with van der Waals surface area (Å²) in [6, 6.07) is 24.4. The van der Waals surface area contributed by atoms with E-state index in [0.29, 0.717) is 45.9 Å². The summed E-state index contributed by atoms with van der Waals surface area (Å²) in [5.74, 6) is 1.08. The van der Waals surface area contributed by atoms with Gasteiger partial charge in [0, 0.05) is 12.1 Å². The van der Waals surface area contributed by atoms with E-state index in [1.165, 1.54) is 39.5 Å². The molecule has 0 aliphatic rings. The van der Waals surface area contributed by atoms with Crippen LogP contribution >= 0.6 is 11.6 Å². The van der Waals surface area contributed by atoms with Crippen molar-refractivity contribution in [2.75, 3.05) is 26.6 Å². The molecular formula is C30H25ClN2O5. The molecule has 0 saturated heterocycles. The van der Waals surface area contributed by atoms with Gasteiger partial charge in [0.25, 0.3) is 5.91 Å². The van der Waals surface area contributed by atoms with E-state index in [-0.39, 0.29) is 5.57 Å². The number of fused-ring (bicyclic) bond motifs is 1. The van der Waals surface area contributed by atoms with Crippen molar-refractivity contribution in [1.29, 1.82) is 5.26 Å². The number of carbonyl (C=O) groups excluding carboxylic acids is 1. The maximum absolute atomic E-state index is 12.9. The molecule has 0 heterocycles. The summed E-state index contributed by atoms with van der Waals surface area (Å²) in [5.41, 5.74) is 1.83. The molecule has 0 saturated carbocycles. The van der Waals surface area contributed by atoms with E-state index in [1.54, 1.807) is 18.2 Å². The Morgan fingerprint density at radius 3 is 2.37 bits per heavy atom. The average molecular weight is 529 g/mol. The molecule has 4 rings (SSSR count). The number of nitriles is 1. The molecule has 1 N–H and O–H groups in total. The molecule has 0 atom stereocenters. The summed E-state index contributed by atoms with van der Waals surface area (Å²) in [6.45, 7) is 0.352. The molecule has 0 unspecified atom stereocenters. The van der Waals surface area contributed by atoms with E-state index >= 15 is 0 Å². The van der Waals surface area contributed by atoms with E-state index in [1.807, 2.05) is 30.3 Å². The number of rotatable bonds is 9. The Kier molecular flexibility index (Phi) is 8.37. The molecule has 0 aliphatic heterocycles. The molecule has 0 fully saturated rings. The molecule has 8 heteroatoms. The average Bonchev–Trinajstić information content (AvgIpc) is 2.95. The summed E-state index contributed by atoms with van der Waals surface area (Å²) < 4.78 is 22.1. The van der Waals surface area contributed by atoms with Crippen LogP contribution in [0.3, 0.4) is 0 Å². The van der Waals surface area contributed by atoms with Gasteiger partial charge in [-0.15, -0.1) is 0 Å². The van der Waals surface area contributed by atoms with Crippen molar-refractivity contribution in [2.24, 2.45) is 0 Å². The van der Waals surface area contributed by atoms with Crippen LogP contribution in [0.25, 0.3) is 16.8 Å². The Bertz CT molecular complexity index is 1550. The van der Waals surface area contributed by atoms with Gasteiger partial charge in [0.05, 0.1) is 32.0 Å². The number of benzene rings is 4. The lowest BCUT2D eigenvalue weighted by atomic mass is 10.1. The number of halogens is 1. The lowest BCUT2D eigenvalue weighted by Gasteiger charge is -2.13. The quantitative estimate of drug-likeness (QED) is 0.193. The van der Waals surface area contributed by atoms with E-state index in [0.717, 1.165) is 16.3 Å². The topological polar surface area (TPSA) is 89.8 Å². The number of hydrogen-bond donors (Lipinski definition) is 1. The molecule has 0 aromatic heterocycles. The number of anilines is 1. The van der Waals surface area contributed by atoms with Gasteiger partial charge in [0.2, 0.25) is 0 Å². The molecule has 0 aliphatic carbocycles. The molecule has 7 nitrogen and oxygen atoms in total. The van der Waals surface area contributed by atoms with Crippen molar-refractivity contribution in [3.63, 3.8) is 0 Å². The van der Waals surface area contributed by atoms with Crippen molar-refractivity contribution in [3.05, 3.63) is 94.5 Å². The highest BCUT2D eigenvalue weighted by atomic mass is 35.5. The van der Waals surface area contributed by atoms with Gasteiger partial charge >= 0.3 is 0 Å². The van der Waals surface area contributed by atoms with Gasteiger partial charge in [0.15, 0.2) is 11.5 Å². The number of ether oxygens (including phenoxy) is 4. The number of amides is 1. The van der Waals surface area contributed by atoms with Gasteiger partial charge in [-0.3, -0.25) is 4.79 Å². The summed E-state index contributed by atoms with van der Waals surface area (Å²) >= 11 is 6.13. The minimum absolute atomic E-state index is 0.118. The van der Waals surface area contributed by atoms with E-state index in [9.17, 15) is 10.1 Å². The number of nitrogens with zero attached hydrogens (tertiary/aromatic N) is 1. The molecular weight excluding hydrogens is 504 g/mol. The Labute approximate surface area is 225 Å². The Hall–Kier alpha value is -4.67. The monoisotopic (exact) mass is 528 g/mol. The normalized spacial score (nSPS) is 11.0. The van der Waals surface area contributed by atoms with Crippen molar-refractivity contribution in [3.8, 4) is 29.1 Å². The third-order valence-electron chi connectivity index (χ3n) is 5.85. The van der Waals surface area contributed by atoms with Crippen LogP contribution < -0.4 is 24.3 Å². The fraction of sp³-hybridized carbons (Fsp3) is 0.133. The van der Waals surface area contributed by atoms with Crippen LogP contribution in [-0.4, -0.2) is 27.2 Å². The SMILES string of the molecule is COc1cc(NC(=O)/C(C#N)=C/c2ccc(OCc3cccc4ccccc34)c(OC)c2)c(OC)cc1Cl. The van der Waals surface area contributed by atoms with Crippen LogP contribution in [-0.2, 0) is 11.4 Å². The fourth-order valence-electron chi connectivity index (χ4n) is 3.93. The van der Waals surface area contributed by atoms with Gasteiger partial charge < -0.3 is 24.3 Å². The first-order chi connectivity index (χ1) is 18.5. The number of carbonyl (C=O) groups is 1. The number of nitrogens with one attached hydrogen (secondary N) is 1. The second kappa shape index (κ2) is 12.0.